The molecule has 1 fully saturated rings. The van der Waals surface area contributed by atoms with Crippen LogP contribution in [0.4, 0.5) is 0 Å². The Morgan fingerprint density at radius 1 is 0.600 bits per heavy atom. The van der Waals surface area contributed by atoms with Crippen molar-refractivity contribution in [3.05, 3.63) is 0 Å². The molecule has 0 aromatic carbocycles. The summed E-state index contributed by atoms with van der Waals surface area (Å²) >= 11 is 0. The Balaban J connectivity index is 0.000000160. The predicted molar refractivity (Wildman–Crippen MR) is 24.2 cm³/mol. The fraction of sp³-hybridized carbons (Fsp3) is 1.00. The van der Waals surface area contributed by atoms with Gasteiger partial charge in [-0.3, -0.25) is 0 Å². The molecule has 0 aromatic rings. The second kappa shape index (κ2) is 3.20. The van der Waals surface area contributed by atoms with Crippen molar-refractivity contribution < 1.29 is 0 Å². The van der Waals surface area contributed by atoms with Crippen LogP contribution in [-0.2, 0) is 0 Å². The van der Waals surface area contributed by atoms with Crippen LogP contribution in [0.5, 0.6) is 0 Å². The van der Waals surface area contributed by atoms with Crippen molar-refractivity contribution in [1.82, 2.24) is 0 Å². The first kappa shape index (κ1) is 6.00. The van der Waals surface area contributed by atoms with E-state index < -0.39 is 0 Å². The molecule has 1 saturated carbocycles. The van der Waals surface area contributed by atoms with Crippen LogP contribution in [0.1, 0.15) is 25.7 Å². The first-order valence-corrected chi connectivity index (χ1v) is 2.00. The zero-order valence-electron chi connectivity index (χ0n) is 3.83. The molecule has 0 saturated heterocycles. The van der Waals surface area contributed by atoms with Crippen molar-refractivity contribution in [2.45, 2.75) is 25.7 Å². The van der Waals surface area contributed by atoms with E-state index in [1.807, 2.05) is 0 Å². The molecule has 0 unspecified atom stereocenters. The molecule has 1 rings (SSSR count). The molecule has 1 aliphatic carbocycles. The summed E-state index contributed by atoms with van der Waals surface area (Å²) in [4.78, 5) is 0. The number of hydrogen-bond donors (Lipinski definition) is 0. The normalized spacial score (nSPS) is 19.2. The monoisotopic (exact) mass is 79.1 g/mol. The van der Waals surface area contributed by atoms with Gasteiger partial charge in [-0.05, 0) is 0 Å². The standard InChI is InChI=1S/C4H8.Na/c1-2-4-3-1;/h1-4H2;. The Morgan fingerprint density at radius 2 is 0.800 bits per heavy atom. The van der Waals surface area contributed by atoms with Crippen molar-refractivity contribution >= 4 is 29.6 Å². The van der Waals surface area contributed by atoms with E-state index in [9.17, 15) is 0 Å². The second-order valence-corrected chi connectivity index (χ2v) is 1.41. The third-order valence-corrected chi connectivity index (χ3v) is 1.000. The minimum Gasteiger partial charge on any atom is -0.0533 e. The van der Waals surface area contributed by atoms with E-state index in [-0.39, 0.29) is 29.6 Å². The summed E-state index contributed by atoms with van der Waals surface area (Å²) in [6.45, 7) is 0. The maximum absolute atomic E-state index is 1.50. The van der Waals surface area contributed by atoms with Crippen LogP contribution in [0.3, 0.4) is 0 Å². The average Bonchev–Trinajstić information content (AvgIpc) is 0.722. The summed E-state index contributed by atoms with van der Waals surface area (Å²) in [5.74, 6) is 0. The number of rotatable bonds is 0. The van der Waals surface area contributed by atoms with Gasteiger partial charge in [0.1, 0.15) is 0 Å². The fourth-order valence-electron chi connectivity index (χ4n) is 0.250. The first-order chi connectivity index (χ1) is 2.00. The Kier molecular flexibility index (Phi) is 3.84. The maximum Gasteiger partial charge on any atom is 0 e. The van der Waals surface area contributed by atoms with E-state index in [1.165, 1.54) is 25.7 Å². The van der Waals surface area contributed by atoms with Gasteiger partial charge in [0.2, 0.25) is 0 Å². The van der Waals surface area contributed by atoms with Gasteiger partial charge in [-0.15, -0.1) is 0 Å². The predicted octanol–water partition coefficient (Wildman–Crippen LogP) is 1.18. The third-order valence-electron chi connectivity index (χ3n) is 1.000. The van der Waals surface area contributed by atoms with E-state index in [4.69, 9.17) is 0 Å². The molecule has 1 radical (unpaired) electrons. The van der Waals surface area contributed by atoms with Crippen LogP contribution in [0.15, 0.2) is 0 Å². The Morgan fingerprint density at radius 3 is 0.800 bits per heavy atom. The van der Waals surface area contributed by atoms with Gasteiger partial charge < -0.3 is 0 Å². The minimum atomic E-state index is 0. The van der Waals surface area contributed by atoms with Crippen LogP contribution < -0.4 is 0 Å². The number of hydrogen-bond acceptors (Lipinski definition) is 0. The van der Waals surface area contributed by atoms with Gasteiger partial charge in [-0.25, -0.2) is 0 Å². The zero-order chi connectivity index (χ0) is 2.83. The molecule has 0 atom stereocenters. The summed E-state index contributed by atoms with van der Waals surface area (Å²) < 4.78 is 0. The molecular formula is C4H8Na. The van der Waals surface area contributed by atoms with Gasteiger partial charge >= 0.3 is 0 Å². The molecule has 0 bridgehead atoms. The molecule has 25 valence electrons. The molecule has 0 heterocycles. The molecule has 0 aliphatic heterocycles. The summed E-state index contributed by atoms with van der Waals surface area (Å²) in [5, 5.41) is 0. The van der Waals surface area contributed by atoms with Gasteiger partial charge in [0.25, 0.3) is 0 Å². The summed E-state index contributed by atoms with van der Waals surface area (Å²) in [6.07, 6.45) is 6.00. The van der Waals surface area contributed by atoms with Crippen LogP contribution in [0.2, 0.25) is 0 Å². The molecule has 1 heteroatoms. The Labute approximate surface area is 55.2 Å². The third kappa shape index (κ3) is 1.80. The Bertz CT molecular complexity index is 11.6. The van der Waals surface area contributed by atoms with Crippen LogP contribution >= 0.6 is 0 Å². The first-order valence-electron chi connectivity index (χ1n) is 2.00. The van der Waals surface area contributed by atoms with E-state index in [1.54, 1.807) is 0 Å². The summed E-state index contributed by atoms with van der Waals surface area (Å²) in [6, 6.07) is 0. The Hall–Kier alpha value is 1.00. The van der Waals surface area contributed by atoms with Gasteiger partial charge in [0.15, 0.2) is 0 Å². The molecule has 0 amide bonds. The fourth-order valence-corrected chi connectivity index (χ4v) is 0.250. The summed E-state index contributed by atoms with van der Waals surface area (Å²) in [7, 11) is 0. The van der Waals surface area contributed by atoms with Crippen molar-refractivity contribution in [2.75, 3.05) is 0 Å². The molecule has 0 aromatic heterocycles. The summed E-state index contributed by atoms with van der Waals surface area (Å²) in [5.41, 5.74) is 0. The van der Waals surface area contributed by atoms with E-state index in [0.29, 0.717) is 0 Å². The van der Waals surface area contributed by atoms with E-state index >= 15 is 0 Å². The van der Waals surface area contributed by atoms with Crippen molar-refractivity contribution in [2.24, 2.45) is 0 Å². The van der Waals surface area contributed by atoms with E-state index in [0.717, 1.165) is 0 Å². The van der Waals surface area contributed by atoms with Crippen LogP contribution in [0, 0.1) is 0 Å². The molecule has 1 aliphatic rings. The second-order valence-electron chi connectivity index (χ2n) is 1.41. The van der Waals surface area contributed by atoms with Gasteiger partial charge in [-0.1, -0.05) is 25.7 Å². The van der Waals surface area contributed by atoms with Crippen molar-refractivity contribution in [3.63, 3.8) is 0 Å². The molecule has 0 spiro atoms. The van der Waals surface area contributed by atoms with Crippen molar-refractivity contribution in [1.29, 1.82) is 0 Å². The van der Waals surface area contributed by atoms with Gasteiger partial charge in [0, 0.05) is 29.6 Å². The van der Waals surface area contributed by atoms with Crippen LogP contribution in [0.25, 0.3) is 0 Å². The van der Waals surface area contributed by atoms with Crippen LogP contribution in [-0.4, -0.2) is 29.6 Å². The van der Waals surface area contributed by atoms with Gasteiger partial charge in [0.05, 0.1) is 0 Å². The van der Waals surface area contributed by atoms with Crippen molar-refractivity contribution in [3.8, 4) is 0 Å². The maximum atomic E-state index is 1.50. The van der Waals surface area contributed by atoms with Gasteiger partial charge in [-0.2, -0.15) is 0 Å². The average molecular weight is 79.1 g/mol. The SMILES string of the molecule is C1CCC1.[Na]. The minimum absolute atomic E-state index is 0. The topological polar surface area (TPSA) is 0 Å². The molecule has 0 nitrogen and oxygen atoms in total. The molecule has 5 heavy (non-hydrogen) atoms. The molecular weight excluding hydrogens is 71.0 g/mol. The van der Waals surface area contributed by atoms with E-state index in [2.05, 4.69) is 0 Å². The quantitative estimate of drug-likeness (QED) is 0.382. The molecule has 0 N–H and O–H groups in total. The zero-order valence-corrected chi connectivity index (χ0v) is 5.83. The largest absolute Gasteiger partial charge is 0.0533 e. The smallest absolute Gasteiger partial charge is 0 e.